The Kier molecular flexibility index (Phi) is 6.35. The van der Waals surface area contributed by atoms with Gasteiger partial charge in [0.05, 0.1) is 6.42 Å². The zero-order valence-electron chi connectivity index (χ0n) is 13.3. The van der Waals surface area contributed by atoms with Crippen LogP contribution in [0.25, 0.3) is 0 Å². The highest BCUT2D eigenvalue weighted by Gasteiger charge is 2.16. The van der Waals surface area contributed by atoms with Crippen molar-refractivity contribution in [3.63, 3.8) is 0 Å². The number of hydrogen-bond donors (Lipinski definition) is 2. The van der Waals surface area contributed by atoms with E-state index in [2.05, 4.69) is 15.6 Å². The summed E-state index contributed by atoms with van der Waals surface area (Å²) in [5.41, 5.74) is 0.731. The van der Waals surface area contributed by atoms with Gasteiger partial charge in [-0.2, -0.15) is 0 Å². The largest absolute Gasteiger partial charge is 0.451 e. The fourth-order valence-electron chi connectivity index (χ4n) is 1.80. The van der Waals surface area contributed by atoms with Crippen LogP contribution in [0, 0.1) is 0 Å². The van der Waals surface area contributed by atoms with Gasteiger partial charge in [-0.3, -0.25) is 19.7 Å². The second kappa shape index (κ2) is 8.69. The highest BCUT2D eigenvalue weighted by molar-refractivity contribution is 7.14. The molecule has 0 aliphatic rings. The summed E-state index contributed by atoms with van der Waals surface area (Å²) in [5, 5.41) is 6.21. The molecule has 130 valence electrons. The first kappa shape index (κ1) is 18.3. The molecule has 0 saturated heterocycles. The molecule has 8 nitrogen and oxygen atoms in total. The lowest BCUT2D eigenvalue weighted by Crippen LogP contribution is -2.35. The Morgan fingerprint density at radius 1 is 1.12 bits per heavy atom. The second-order valence-electron chi connectivity index (χ2n) is 4.93. The van der Waals surface area contributed by atoms with Crippen molar-refractivity contribution >= 4 is 40.2 Å². The molecule has 0 fully saturated rings. The fourth-order valence-corrected chi connectivity index (χ4v) is 2.52. The van der Waals surface area contributed by atoms with Gasteiger partial charge >= 0.3 is 5.97 Å². The van der Waals surface area contributed by atoms with Crippen LogP contribution in [0.4, 0.5) is 5.13 Å². The van der Waals surface area contributed by atoms with E-state index in [-0.39, 0.29) is 23.2 Å². The number of esters is 1. The molecule has 0 radical (unpaired) electrons. The van der Waals surface area contributed by atoms with Gasteiger partial charge in [0.25, 0.3) is 5.91 Å². The third-order valence-corrected chi connectivity index (χ3v) is 3.57. The predicted octanol–water partition coefficient (Wildman–Crippen LogP) is 1.14. The van der Waals surface area contributed by atoms with E-state index in [4.69, 9.17) is 4.74 Å². The Balaban J connectivity index is 1.77. The first-order valence-corrected chi connectivity index (χ1v) is 8.09. The summed E-state index contributed by atoms with van der Waals surface area (Å²) in [6, 6.07) is 8.92. The molecule has 0 aliphatic carbocycles. The highest BCUT2D eigenvalue weighted by Crippen LogP contribution is 2.15. The number of nitrogens with one attached hydrogen (secondary N) is 2. The molecule has 0 bridgehead atoms. The Hall–Kier alpha value is -3.07. The first-order valence-electron chi connectivity index (χ1n) is 7.21. The standard InChI is InChI=1S/C16H15N3O5S/c1-10(20)17-16-18-12(9-25-16)15(23)24-8-14(22)19-13(21)7-11-5-3-2-4-6-11/h2-6,9H,7-8H2,1H3,(H,17,18,20)(H,19,21,22). The average Bonchev–Trinajstić information content (AvgIpc) is 3.01. The lowest BCUT2D eigenvalue weighted by molar-refractivity contribution is -0.132. The summed E-state index contributed by atoms with van der Waals surface area (Å²) >= 11 is 1.05. The van der Waals surface area contributed by atoms with Crippen molar-refractivity contribution in [2.45, 2.75) is 13.3 Å². The monoisotopic (exact) mass is 361 g/mol. The number of amides is 3. The molecular weight excluding hydrogens is 346 g/mol. The molecule has 2 rings (SSSR count). The zero-order valence-corrected chi connectivity index (χ0v) is 14.1. The van der Waals surface area contributed by atoms with E-state index in [1.54, 1.807) is 24.3 Å². The molecule has 9 heteroatoms. The Morgan fingerprint density at radius 3 is 2.52 bits per heavy atom. The molecule has 2 N–H and O–H groups in total. The minimum Gasteiger partial charge on any atom is -0.451 e. The number of imide groups is 1. The van der Waals surface area contributed by atoms with Gasteiger partial charge in [-0.15, -0.1) is 11.3 Å². The van der Waals surface area contributed by atoms with E-state index in [9.17, 15) is 19.2 Å². The Bertz CT molecular complexity index is 788. The molecule has 0 spiro atoms. The summed E-state index contributed by atoms with van der Waals surface area (Å²) in [4.78, 5) is 49.9. The second-order valence-corrected chi connectivity index (χ2v) is 5.79. The van der Waals surface area contributed by atoms with E-state index >= 15 is 0 Å². The van der Waals surface area contributed by atoms with Gasteiger partial charge in [0.2, 0.25) is 11.8 Å². The lowest BCUT2D eigenvalue weighted by atomic mass is 10.1. The number of nitrogens with zero attached hydrogens (tertiary/aromatic N) is 1. The molecular formula is C16H15N3O5S. The minimum atomic E-state index is -0.821. The molecule has 1 aromatic heterocycles. The topological polar surface area (TPSA) is 114 Å². The van der Waals surface area contributed by atoms with Gasteiger partial charge < -0.3 is 10.1 Å². The van der Waals surface area contributed by atoms with Crippen LogP contribution >= 0.6 is 11.3 Å². The number of benzene rings is 1. The normalized spacial score (nSPS) is 9.96. The molecule has 0 saturated carbocycles. The third-order valence-electron chi connectivity index (χ3n) is 2.82. The molecule has 2 aromatic rings. The van der Waals surface area contributed by atoms with Gasteiger partial charge in [-0.05, 0) is 5.56 Å². The summed E-state index contributed by atoms with van der Waals surface area (Å²) in [7, 11) is 0. The SMILES string of the molecule is CC(=O)Nc1nc(C(=O)OCC(=O)NC(=O)Cc2ccccc2)cs1. The number of ether oxygens (including phenoxy) is 1. The maximum atomic E-state index is 11.8. The van der Waals surface area contributed by atoms with E-state index in [0.29, 0.717) is 0 Å². The molecule has 0 unspecified atom stereocenters. The van der Waals surface area contributed by atoms with Crippen molar-refractivity contribution in [1.82, 2.24) is 10.3 Å². The van der Waals surface area contributed by atoms with E-state index in [1.807, 2.05) is 6.07 Å². The zero-order chi connectivity index (χ0) is 18.2. The van der Waals surface area contributed by atoms with Crippen LogP contribution in [0.1, 0.15) is 23.0 Å². The van der Waals surface area contributed by atoms with Gasteiger partial charge in [0.15, 0.2) is 17.4 Å². The highest BCUT2D eigenvalue weighted by atomic mass is 32.1. The maximum Gasteiger partial charge on any atom is 0.358 e. The summed E-state index contributed by atoms with van der Waals surface area (Å²) in [5.74, 6) is -2.36. The van der Waals surface area contributed by atoms with E-state index < -0.39 is 24.4 Å². The average molecular weight is 361 g/mol. The number of rotatable bonds is 6. The lowest BCUT2D eigenvalue weighted by Gasteiger charge is -2.05. The quantitative estimate of drug-likeness (QED) is 0.746. The Labute approximate surface area is 147 Å². The fraction of sp³-hybridized carbons (Fsp3) is 0.188. The number of aromatic nitrogens is 1. The molecule has 1 heterocycles. The van der Waals surface area contributed by atoms with Crippen LogP contribution in [-0.2, 0) is 25.5 Å². The first-order chi connectivity index (χ1) is 11.9. The maximum absolute atomic E-state index is 11.8. The number of anilines is 1. The van der Waals surface area contributed by atoms with Crippen molar-refractivity contribution in [1.29, 1.82) is 0 Å². The van der Waals surface area contributed by atoms with E-state index in [1.165, 1.54) is 12.3 Å². The van der Waals surface area contributed by atoms with Crippen LogP contribution in [0.5, 0.6) is 0 Å². The van der Waals surface area contributed by atoms with Crippen molar-refractivity contribution in [3.05, 3.63) is 47.0 Å². The Morgan fingerprint density at radius 2 is 1.84 bits per heavy atom. The predicted molar refractivity (Wildman–Crippen MR) is 90.0 cm³/mol. The van der Waals surface area contributed by atoms with Crippen LogP contribution in [-0.4, -0.2) is 35.3 Å². The smallest absolute Gasteiger partial charge is 0.358 e. The van der Waals surface area contributed by atoms with Gasteiger partial charge in [-0.25, -0.2) is 9.78 Å². The summed E-state index contributed by atoms with van der Waals surface area (Å²) in [6.45, 7) is 0.711. The van der Waals surface area contributed by atoms with Crippen LogP contribution in [0.15, 0.2) is 35.7 Å². The summed E-state index contributed by atoms with van der Waals surface area (Å²) in [6.07, 6.45) is 0.0483. The number of carbonyl (C=O) groups excluding carboxylic acids is 4. The third kappa shape index (κ3) is 6.15. The van der Waals surface area contributed by atoms with Crippen molar-refractivity contribution in [2.75, 3.05) is 11.9 Å². The number of thiazole rings is 1. The molecule has 0 atom stereocenters. The molecule has 1 aromatic carbocycles. The van der Waals surface area contributed by atoms with Crippen molar-refractivity contribution in [3.8, 4) is 0 Å². The van der Waals surface area contributed by atoms with E-state index in [0.717, 1.165) is 16.9 Å². The molecule has 0 aliphatic heterocycles. The van der Waals surface area contributed by atoms with Crippen LogP contribution in [0.3, 0.4) is 0 Å². The molecule has 25 heavy (non-hydrogen) atoms. The van der Waals surface area contributed by atoms with Gasteiger partial charge in [-0.1, -0.05) is 30.3 Å². The van der Waals surface area contributed by atoms with Gasteiger partial charge in [0, 0.05) is 12.3 Å². The van der Waals surface area contributed by atoms with Crippen LogP contribution < -0.4 is 10.6 Å². The van der Waals surface area contributed by atoms with Gasteiger partial charge in [0.1, 0.15) is 0 Å². The van der Waals surface area contributed by atoms with Crippen molar-refractivity contribution in [2.24, 2.45) is 0 Å². The van der Waals surface area contributed by atoms with Crippen LogP contribution in [0.2, 0.25) is 0 Å². The minimum absolute atomic E-state index is 0.0304. The number of carbonyl (C=O) groups is 4. The summed E-state index contributed by atoms with van der Waals surface area (Å²) < 4.78 is 4.79. The van der Waals surface area contributed by atoms with Crippen molar-refractivity contribution < 1.29 is 23.9 Å². The molecule has 3 amide bonds. The number of hydrogen-bond acceptors (Lipinski definition) is 7.